The van der Waals surface area contributed by atoms with E-state index in [4.69, 9.17) is 12.2 Å². The summed E-state index contributed by atoms with van der Waals surface area (Å²) in [5.74, 6) is 1.82. The van der Waals surface area contributed by atoms with Gasteiger partial charge in [0.1, 0.15) is 0 Å². The van der Waals surface area contributed by atoms with Crippen molar-refractivity contribution >= 4 is 17.3 Å². The van der Waals surface area contributed by atoms with Crippen molar-refractivity contribution in [1.29, 1.82) is 0 Å². The third-order valence-electron chi connectivity index (χ3n) is 3.91. The van der Waals surface area contributed by atoms with Crippen molar-refractivity contribution in [2.24, 2.45) is 11.8 Å². The second-order valence-corrected chi connectivity index (χ2v) is 5.69. The van der Waals surface area contributed by atoms with E-state index < -0.39 is 0 Å². The van der Waals surface area contributed by atoms with Gasteiger partial charge in [-0.1, -0.05) is 39.5 Å². The smallest absolute Gasteiger partial charge is 0.166 e. The number of rotatable bonds is 6. The molecule has 0 spiro atoms. The summed E-state index contributed by atoms with van der Waals surface area (Å²) in [6.45, 7) is 6.58. The van der Waals surface area contributed by atoms with Crippen LogP contribution in [0, 0.1) is 11.8 Å². The Kier molecular flexibility index (Phi) is 7.58. The van der Waals surface area contributed by atoms with Crippen molar-refractivity contribution in [2.75, 3.05) is 13.1 Å². The third-order valence-corrected chi connectivity index (χ3v) is 4.20. The van der Waals surface area contributed by atoms with Gasteiger partial charge in [-0.2, -0.15) is 0 Å². The summed E-state index contributed by atoms with van der Waals surface area (Å²) in [6.07, 6.45) is 9.36. The van der Waals surface area contributed by atoms with E-state index >= 15 is 0 Å². The number of nitrogens with one attached hydrogen (secondary N) is 2. The molecular formula is C14H28N2S. The Hall–Kier alpha value is -0.310. The van der Waals surface area contributed by atoms with E-state index in [9.17, 15) is 0 Å². The van der Waals surface area contributed by atoms with Gasteiger partial charge in [-0.15, -0.1) is 0 Å². The van der Waals surface area contributed by atoms with E-state index in [0.717, 1.165) is 30.0 Å². The zero-order valence-electron chi connectivity index (χ0n) is 11.4. The zero-order valence-corrected chi connectivity index (χ0v) is 12.2. The van der Waals surface area contributed by atoms with Gasteiger partial charge < -0.3 is 10.6 Å². The van der Waals surface area contributed by atoms with Gasteiger partial charge in [0.2, 0.25) is 0 Å². The highest BCUT2D eigenvalue weighted by Gasteiger charge is 2.19. The molecule has 100 valence electrons. The molecule has 1 aliphatic rings. The van der Waals surface area contributed by atoms with Gasteiger partial charge in [-0.25, -0.2) is 0 Å². The normalized spacial score (nSPS) is 24.4. The lowest BCUT2D eigenvalue weighted by Crippen LogP contribution is -2.39. The van der Waals surface area contributed by atoms with Crippen molar-refractivity contribution in [2.45, 2.75) is 58.8 Å². The van der Waals surface area contributed by atoms with Gasteiger partial charge in [-0.3, -0.25) is 0 Å². The van der Waals surface area contributed by atoms with Crippen molar-refractivity contribution < 1.29 is 0 Å². The maximum Gasteiger partial charge on any atom is 0.166 e. The van der Waals surface area contributed by atoms with Crippen molar-refractivity contribution in [3.8, 4) is 0 Å². The van der Waals surface area contributed by atoms with Gasteiger partial charge in [0, 0.05) is 13.1 Å². The first-order valence-electron chi connectivity index (χ1n) is 7.27. The van der Waals surface area contributed by atoms with Gasteiger partial charge in [0.25, 0.3) is 0 Å². The first-order valence-corrected chi connectivity index (χ1v) is 7.68. The summed E-state index contributed by atoms with van der Waals surface area (Å²) in [5, 5.41) is 7.47. The van der Waals surface area contributed by atoms with E-state index in [1.807, 2.05) is 0 Å². The number of thiocarbonyl (C=S) groups is 1. The Morgan fingerprint density at radius 1 is 1.06 bits per heavy atom. The highest BCUT2D eigenvalue weighted by Crippen LogP contribution is 2.29. The molecule has 0 saturated heterocycles. The predicted molar refractivity (Wildman–Crippen MR) is 79.3 cm³/mol. The highest BCUT2D eigenvalue weighted by atomic mass is 32.1. The van der Waals surface area contributed by atoms with Crippen molar-refractivity contribution in [3.05, 3.63) is 0 Å². The fraction of sp³-hybridized carbons (Fsp3) is 0.929. The van der Waals surface area contributed by atoms with Crippen LogP contribution in [0.1, 0.15) is 58.8 Å². The Balaban J connectivity index is 2.04. The molecule has 0 heterocycles. The lowest BCUT2D eigenvalue weighted by Gasteiger charge is -2.28. The molecule has 2 nitrogen and oxygen atoms in total. The molecule has 17 heavy (non-hydrogen) atoms. The SMILES string of the molecule is CCCCNC(=S)NCC1CCC(CC)CC1. The molecule has 0 unspecified atom stereocenters. The van der Waals surface area contributed by atoms with Crippen LogP contribution in [0.3, 0.4) is 0 Å². The molecule has 0 bridgehead atoms. The van der Waals surface area contributed by atoms with Crippen LogP contribution < -0.4 is 10.6 Å². The number of hydrogen-bond donors (Lipinski definition) is 2. The summed E-state index contributed by atoms with van der Waals surface area (Å²) in [7, 11) is 0. The Morgan fingerprint density at radius 2 is 1.71 bits per heavy atom. The molecule has 0 aromatic rings. The van der Waals surface area contributed by atoms with Gasteiger partial charge in [0.05, 0.1) is 0 Å². The van der Waals surface area contributed by atoms with Crippen molar-refractivity contribution in [3.63, 3.8) is 0 Å². The van der Waals surface area contributed by atoms with E-state index in [-0.39, 0.29) is 0 Å². The molecule has 0 amide bonds. The standard InChI is InChI=1S/C14H28N2S/c1-3-5-10-15-14(17)16-11-13-8-6-12(4-2)7-9-13/h12-13H,3-11H2,1-2H3,(H2,15,16,17). The average molecular weight is 256 g/mol. The molecule has 1 rings (SSSR count). The summed E-state index contributed by atoms with van der Waals surface area (Å²) in [4.78, 5) is 0. The molecule has 0 atom stereocenters. The van der Waals surface area contributed by atoms with Gasteiger partial charge in [-0.05, 0) is 43.3 Å². The topological polar surface area (TPSA) is 24.1 Å². The highest BCUT2D eigenvalue weighted by molar-refractivity contribution is 7.80. The summed E-state index contributed by atoms with van der Waals surface area (Å²) in [5.41, 5.74) is 0. The maximum atomic E-state index is 5.26. The number of hydrogen-bond acceptors (Lipinski definition) is 1. The summed E-state index contributed by atoms with van der Waals surface area (Å²) in [6, 6.07) is 0. The molecule has 0 aromatic carbocycles. The molecule has 3 heteroatoms. The molecule has 2 N–H and O–H groups in total. The monoisotopic (exact) mass is 256 g/mol. The van der Waals surface area contributed by atoms with E-state index in [1.54, 1.807) is 0 Å². The van der Waals surface area contributed by atoms with Crippen LogP contribution in [-0.2, 0) is 0 Å². The molecular weight excluding hydrogens is 228 g/mol. The van der Waals surface area contributed by atoms with Crippen LogP contribution in [0.4, 0.5) is 0 Å². The fourth-order valence-corrected chi connectivity index (χ4v) is 2.71. The molecule has 0 radical (unpaired) electrons. The third kappa shape index (κ3) is 6.25. The lowest BCUT2D eigenvalue weighted by atomic mass is 9.81. The van der Waals surface area contributed by atoms with E-state index in [2.05, 4.69) is 24.5 Å². The van der Waals surface area contributed by atoms with E-state index in [1.165, 1.54) is 44.9 Å². The van der Waals surface area contributed by atoms with Crippen LogP contribution in [0.2, 0.25) is 0 Å². The second-order valence-electron chi connectivity index (χ2n) is 5.29. The average Bonchev–Trinajstić information content (AvgIpc) is 2.37. The van der Waals surface area contributed by atoms with Crippen LogP contribution in [0.25, 0.3) is 0 Å². The van der Waals surface area contributed by atoms with Gasteiger partial charge in [0.15, 0.2) is 5.11 Å². The molecule has 0 aliphatic heterocycles. The molecule has 1 aliphatic carbocycles. The predicted octanol–water partition coefficient (Wildman–Crippen LogP) is 3.47. The molecule has 1 fully saturated rings. The molecule has 1 saturated carbocycles. The summed E-state index contributed by atoms with van der Waals surface area (Å²) < 4.78 is 0. The van der Waals surface area contributed by atoms with Crippen molar-refractivity contribution in [1.82, 2.24) is 10.6 Å². The molecule has 0 aromatic heterocycles. The Morgan fingerprint density at radius 3 is 2.29 bits per heavy atom. The van der Waals surface area contributed by atoms with Crippen LogP contribution >= 0.6 is 12.2 Å². The first-order chi connectivity index (χ1) is 8.26. The maximum absolute atomic E-state index is 5.26. The fourth-order valence-electron chi connectivity index (χ4n) is 2.52. The first kappa shape index (κ1) is 14.7. The summed E-state index contributed by atoms with van der Waals surface area (Å²) >= 11 is 5.26. The minimum Gasteiger partial charge on any atom is -0.363 e. The Labute approximate surface area is 112 Å². The van der Waals surface area contributed by atoms with Crippen LogP contribution in [0.5, 0.6) is 0 Å². The van der Waals surface area contributed by atoms with Gasteiger partial charge >= 0.3 is 0 Å². The number of unbranched alkanes of at least 4 members (excludes halogenated alkanes) is 1. The minimum atomic E-state index is 0.837. The zero-order chi connectivity index (χ0) is 12.5. The lowest BCUT2D eigenvalue weighted by molar-refractivity contribution is 0.269. The quantitative estimate of drug-likeness (QED) is 0.562. The second kappa shape index (κ2) is 8.73. The van der Waals surface area contributed by atoms with E-state index in [0.29, 0.717) is 0 Å². The Bertz CT molecular complexity index is 210. The minimum absolute atomic E-state index is 0.837. The largest absolute Gasteiger partial charge is 0.363 e. The van der Waals surface area contributed by atoms with Crippen LogP contribution in [0.15, 0.2) is 0 Å². The van der Waals surface area contributed by atoms with Crippen LogP contribution in [-0.4, -0.2) is 18.2 Å².